The van der Waals surface area contributed by atoms with Gasteiger partial charge in [-0.15, -0.1) is 0 Å². The summed E-state index contributed by atoms with van der Waals surface area (Å²) < 4.78 is 15.2. The Hall–Kier alpha value is -1.89. The third-order valence-electron chi connectivity index (χ3n) is 3.23. The first-order chi connectivity index (χ1) is 9.69. The summed E-state index contributed by atoms with van der Waals surface area (Å²) in [5.74, 6) is 0.238. The molecule has 20 heavy (non-hydrogen) atoms. The maximum absolute atomic E-state index is 11.7. The summed E-state index contributed by atoms with van der Waals surface area (Å²) in [5, 5.41) is 3.23. The predicted octanol–water partition coefficient (Wildman–Crippen LogP) is 0.850. The molecule has 0 radical (unpaired) electrons. The Morgan fingerprint density at radius 3 is 2.85 bits per heavy atom. The largest absolute Gasteiger partial charge is 0.481 e. The molecule has 2 heterocycles. The fourth-order valence-electron chi connectivity index (χ4n) is 2.28. The van der Waals surface area contributed by atoms with E-state index < -0.39 is 0 Å². The third kappa shape index (κ3) is 2.98. The van der Waals surface area contributed by atoms with E-state index in [0.717, 1.165) is 18.4 Å². The van der Waals surface area contributed by atoms with Crippen molar-refractivity contribution in [3.8, 4) is 11.9 Å². The highest BCUT2D eigenvalue weighted by molar-refractivity contribution is 5.76. The Morgan fingerprint density at radius 2 is 2.20 bits per heavy atom. The minimum absolute atomic E-state index is 0.0229. The van der Waals surface area contributed by atoms with Gasteiger partial charge in [-0.1, -0.05) is 0 Å². The van der Waals surface area contributed by atoms with E-state index in [0.29, 0.717) is 12.5 Å². The van der Waals surface area contributed by atoms with Crippen molar-refractivity contribution in [3.63, 3.8) is 0 Å². The average Bonchev–Trinajstić information content (AvgIpc) is 2.96. The molecule has 0 aromatic carbocycles. The van der Waals surface area contributed by atoms with Crippen molar-refractivity contribution in [2.45, 2.75) is 31.8 Å². The van der Waals surface area contributed by atoms with Gasteiger partial charge in [-0.2, -0.15) is 4.98 Å². The second-order valence-corrected chi connectivity index (χ2v) is 4.42. The van der Waals surface area contributed by atoms with E-state index in [4.69, 9.17) is 14.2 Å². The van der Waals surface area contributed by atoms with Crippen LogP contribution in [-0.4, -0.2) is 42.8 Å². The first-order valence-corrected chi connectivity index (χ1v) is 6.57. The number of carbonyl (C=O) groups is 1. The Bertz CT molecular complexity index is 481. The average molecular weight is 281 g/mol. The normalized spacial score (nSPS) is 21.6. The Balaban J connectivity index is 2.11. The lowest BCUT2D eigenvalue weighted by Gasteiger charge is -2.15. The van der Waals surface area contributed by atoms with Crippen molar-refractivity contribution in [2.75, 3.05) is 20.8 Å². The SMILES string of the molecule is CCOC(=O)[C@@H]1CC[C@@H](c2cnc(OC)nc2OC)N1. The van der Waals surface area contributed by atoms with Crippen molar-refractivity contribution in [3.05, 3.63) is 11.8 Å². The van der Waals surface area contributed by atoms with E-state index in [1.807, 2.05) is 0 Å². The topological polar surface area (TPSA) is 82.6 Å². The van der Waals surface area contributed by atoms with Crippen molar-refractivity contribution in [2.24, 2.45) is 0 Å². The fourth-order valence-corrected chi connectivity index (χ4v) is 2.28. The number of aromatic nitrogens is 2. The molecule has 0 saturated carbocycles. The zero-order valence-corrected chi connectivity index (χ0v) is 11.9. The standard InChI is InChI=1S/C13H19N3O4/c1-4-20-12(17)10-6-5-9(15-10)8-7-14-13(19-3)16-11(8)18-2/h7,9-10,15H,4-6H2,1-3H3/t9-,10-/m0/s1. The number of nitrogens with zero attached hydrogens (tertiary/aromatic N) is 2. The molecule has 0 unspecified atom stereocenters. The van der Waals surface area contributed by atoms with Gasteiger partial charge in [-0.3, -0.25) is 10.1 Å². The number of hydrogen-bond acceptors (Lipinski definition) is 7. The molecule has 0 bridgehead atoms. The molecule has 2 atom stereocenters. The maximum atomic E-state index is 11.7. The summed E-state index contributed by atoms with van der Waals surface area (Å²) in [7, 11) is 3.04. The van der Waals surface area contributed by atoms with Gasteiger partial charge in [0.2, 0.25) is 5.88 Å². The molecule has 1 saturated heterocycles. The smallest absolute Gasteiger partial charge is 0.323 e. The summed E-state index contributed by atoms with van der Waals surface area (Å²) in [5.41, 5.74) is 0.820. The van der Waals surface area contributed by atoms with Gasteiger partial charge in [0.25, 0.3) is 0 Å². The van der Waals surface area contributed by atoms with E-state index in [-0.39, 0.29) is 24.1 Å². The number of rotatable bonds is 5. The van der Waals surface area contributed by atoms with Crippen LogP contribution in [0.1, 0.15) is 31.4 Å². The quantitative estimate of drug-likeness (QED) is 0.801. The summed E-state index contributed by atoms with van der Waals surface area (Å²) in [6.07, 6.45) is 3.18. The zero-order chi connectivity index (χ0) is 14.5. The van der Waals surface area contributed by atoms with E-state index in [1.165, 1.54) is 7.11 Å². The highest BCUT2D eigenvalue weighted by Gasteiger charge is 2.33. The first kappa shape index (κ1) is 14.5. The van der Waals surface area contributed by atoms with E-state index >= 15 is 0 Å². The molecule has 0 spiro atoms. The molecule has 1 fully saturated rings. The number of hydrogen-bond donors (Lipinski definition) is 1. The molecule has 0 amide bonds. The highest BCUT2D eigenvalue weighted by Crippen LogP contribution is 2.32. The maximum Gasteiger partial charge on any atom is 0.323 e. The van der Waals surface area contributed by atoms with Gasteiger partial charge in [0, 0.05) is 17.8 Å². The van der Waals surface area contributed by atoms with Crippen LogP contribution in [0.3, 0.4) is 0 Å². The van der Waals surface area contributed by atoms with Gasteiger partial charge in [0.1, 0.15) is 6.04 Å². The number of nitrogens with one attached hydrogen (secondary N) is 1. The Kier molecular flexibility index (Phi) is 4.73. The lowest BCUT2D eigenvalue weighted by molar-refractivity contribution is -0.145. The molecule has 1 aromatic heterocycles. The van der Waals surface area contributed by atoms with Gasteiger partial charge in [0.05, 0.1) is 20.8 Å². The monoisotopic (exact) mass is 281 g/mol. The van der Waals surface area contributed by atoms with Crippen molar-refractivity contribution in [1.82, 2.24) is 15.3 Å². The van der Waals surface area contributed by atoms with Crippen LogP contribution < -0.4 is 14.8 Å². The Labute approximate surface area is 117 Å². The third-order valence-corrected chi connectivity index (χ3v) is 3.23. The molecule has 0 aliphatic carbocycles. The molecular weight excluding hydrogens is 262 g/mol. The highest BCUT2D eigenvalue weighted by atomic mass is 16.5. The van der Waals surface area contributed by atoms with Gasteiger partial charge < -0.3 is 14.2 Å². The molecule has 1 aliphatic heterocycles. The van der Waals surface area contributed by atoms with Crippen LogP contribution in [0, 0.1) is 0 Å². The summed E-state index contributed by atoms with van der Waals surface area (Å²) in [6, 6.07) is -0.0532. The predicted molar refractivity (Wildman–Crippen MR) is 70.7 cm³/mol. The molecular formula is C13H19N3O4. The molecule has 7 nitrogen and oxygen atoms in total. The van der Waals surface area contributed by atoms with Gasteiger partial charge in [-0.05, 0) is 19.8 Å². The second kappa shape index (κ2) is 6.51. The Morgan fingerprint density at radius 1 is 1.40 bits per heavy atom. The van der Waals surface area contributed by atoms with Crippen LogP contribution in [0.2, 0.25) is 0 Å². The molecule has 110 valence electrons. The fraction of sp³-hybridized carbons (Fsp3) is 0.615. The number of esters is 1. The van der Waals surface area contributed by atoms with Gasteiger partial charge in [0.15, 0.2) is 0 Å². The van der Waals surface area contributed by atoms with Crippen LogP contribution in [0.5, 0.6) is 11.9 Å². The molecule has 1 N–H and O–H groups in total. The van der Waals surface area contributed by atoms with Crippen LogP contribution in [-0.2, 0) is 9.53 Å². The molecule has 1 aromatic rings. The zero-order valence-electron chi connectivity index (χ0n) is 11.9. The van der Waals surface area contributed by atoms with Gasteiger partial charge in [-0.25, -0.2) is 4.98 Å². The van der Waals surface area contributed by atoms with Crippen molar-refractivity contribution in [1.29, 1.82) is 0 Å². The van der Waals surface area contributed by atoms with E-state index in [9.17, 15) is 4.79 Å². The van der Waals surface area contributed by atoms with Crippen LogP contribution in [0.15, 0.2) is 6.20 Å². The summed E-state index contributed by atoms with van der Waals surface area (Å²) in [6.45, 7) is 2.18. The molecule has 1 aliphatic rings. The first-order valence-electron chi connectivity index (χ1n) is 6.57. The van der Waals surface area contributed by atoms with Crippen LogP contribution in [0.4, 0.5) is 0 Å². The molecule has 7 heteroatoms. The number of ether oxygens (including phenoxy) is 3. The second-order valence-electron chi connectivity index (χ2n) is 4.42. The molecule has 2 rings (SSSR count). The summed E-state index contributed by atoms with van der Waals surface area (Å²) >= 11 is 0. The van der Waals surface area contributed by atoms with E-state index in [1.54, 1.807) is 20.2 Å². The number of carbonyl (C=O) groups excluding carboxylic acids is 1. The van der Waals surface area contributed by atoms with Crippen molar-refractivity contribution >= 4 is 5.97 Å². The minimum Gasteiger partial charge on any atom is -0.481 e. The van der Waals surface area contributed by atoms with Gasteiger partial charge >= 0.3 is 12.0 Å². The number of methoxy groups -OCH3 is 2. The minimum atomic E-state index is -0.285. The summed E-state index contributed by atoms with van der Waals surface area (Å²) in [4.78, 5) is 19.9. The van der Waals surface area contributed by atoms with Crippen molar-refractivity contribution < 1.29 is 19.0 Å². The van der Waals surface area contributed by atoms with E-state index in [2.05, 4.69) is 15.3 Å². The lowest BCUT2D eigenvalue weighted by atomic mass is 10.1. The van der Waals surface area contributed by atoms with Crippen LogP contribution >= 0.6 is 0 Å². The lowest BCUT2D eigenvalue weighted by Crippen LogP contribution is -2.33. The van der Waals surface area contributed by atoms with Crippen LogP contribution in [0.25, 0.3) is 0 Å².